The number of thiophene rings is 1. The van der Waals surface area contributed by atoms with Gasteiger partial charge in [0, 0.05) is 42.6 Å². The largest absolute Gasteiger partial charge is 0.309 e. The lowest BCUT2D eigenvalue weighted by Gasteiger charge is -2.20. The number of hydrogen-bond acceptors (Lipinski definition) is 1. The molecule has 0 atom stereocenters. The first-order valence-corrected chi connectivity index (χ1v) is 20.4. The molecule has 0 aliphatic heterocycles. The fraction of sp³-hybridized carbons (Fsp3) is 0.0182. The molecule has 0 aliphatic rings. The summed E-state index contributed by atoms with van der Waals surface area (Å²) in [5, 5.41) is 5.16. The molecular formula is C55H37NS. The topological polar surface area (TPSA) is 4.93 Å². The molecule has 2 aromatic heterocycles. The first kappa shape index (κ1) is 33.3. The van der Waals surface area contributed by atoms with Crippen LogP contribution in [0.3, 0.4) is 0 Å². The Morgan fingerprint density at radius 3 is 1.37 bits per heavy atom. The second-order valence-corrected chi connectivity index (χ2v) is 16.0. The van der Waals surface area contributed by atoms with Crippen molar-refractivity contribution in [3.05, 3.63) is 235 Å². The quantitative estimate of drug-likeness (QED) is 0.143. The lowest BCUT2D eigenvalue weighted by molar-refractivity contribution is 0.978. The smallest absolute Gasteiger partial charge is 0.0541 e. The Kier molecular flexibility index (Phi) is 8.15. The fourth-order valence-corrected chi connectivity index (χ4v) is 9.81. The van der Waals surface area contributed by atoms with Crippen LogP contribution in [0.1, 0.15) is 22.6 Å². The predicted octanol–water partition coefficient (Wildman–Crippen LogP) is 15.3. The lowest BCUT2D eigenvalue weighted by Crippen LogP contribution is -2.03. The molecule has 0 amide bonds. The van der Waals surface area contributed by atoms with E-state index in [4.69, 9.17) is 0 Å². The van der Waals surface area contributed by atoms with Crippen LogP contribution in [0.15, 0.2) is 218 Å². The molecule has 11 rings (SSSR count). The molecule has 57 heavy (non-hydrogen) atoms. The number of fused-ring (bicyclic) bond motifs is 6. The average Bonchev–Trinajstić information content (AvgIpc) is 3.83. The van der Waals surface area contributed by atoms with Gasteiger partial charge in [0.15, 0.2) is 0 Å². The second-order valence-electron chi connectivity index (χ2n) is 14.9. The van der Waals surface area contributed by atoms with Gasteiger partial charge in [-0.05, 0) is 92.5 Å². The van der Waals surface area contributed by atoms with Crippen molar-refractivity contribution in [3.63, 3.8) is 0 Å². The zero-order chi connectivity index (χ0) is 37.7. The first-order valence-electron chi connectivity index (χ1n) is 19.6. The predicted molar refractivity (Wildman–Crippen MR) is 244 cm³/mol. The molecular weight excluding hydrogens is 707 g/mol. The van der Waals surface area contributed by atoms with Crippen molar-refractivity contribution in [2.45, 2.75) is 5.92 Å². The van der Waals surface area contributed by atoms with Crippen molar-refractivity contribution in [1.82, 2.24) is 4.57 Å². The third kappa shape index (κ3) is 5.94. The third-order valence-corrected chi connectivity index (χ3v) is 12.7. The van der Waals surface area contributed by atoms with Gasteiger partial charge in [0.2, 0.25) is 0 Å². The summed E-state index contributed by atoms with van der Waals surface area (Å²) in [6, 6.07) is 80.2. The zero-order valence-electron chi connectivity index (χ0n) is 31.2. The maximum atomic E-state index is 2.43. The van der Waals surface area contributed by atoms with Crippen LogP contribution in [0.4, 0.5) is 0 Å². The Hall–Kier alpha value is -7.00. The van der Waals surface area contributed by atoms with Crippen LogP contribution in [-0.4, -0.2) is 4.57 Å². The van der Waals surface area contributed by atoms with Gasteiger partial charge in [-0.2, -0.15) is 0 Å². The van der Waals surface area contributed by atoms with Gasteiger partial charge in [0.05, 0.1) is 11.0 Å². The Morgan fingerprint density at radius 1 is 0.298 bits per heavy atom. The Labute approximate surface area is 336 Å². The Bertz CT molecular complexity index is 3110. The summed E-state index contributed by atoms with van der Waals surface area (Å²) >= 11 is 1.86. The maximum absolute atomic E-state index is 2.43. The number of hydrogen-bond donors (Lipinski definition) is 0. The number of aromatic nitrogens is 1. The van der Waals surface area contributed by atoms with E-state index in [2.05, 4.69) is 223 Å². The molecule has 9 aromatic carbocycles. The number of para-hydroxylation sites is 1. The summed E-state index contributed by atoms with van der Waals surface area (Å²) in [6.45, 7) is 0. The second kappa shape index (κ2) is 13.9. The zero-order valence-corrected chi connectivity index (χ0v) is 32.0. The van der Waals surface area contributed by atoms with Gasteiger partial charge in [-0.15, -0.1) is 11.3 Å². The molecule has 0 saturated carbocycles. The normalized spacial score (nSPS) is 11.7. The van der Waals surface area contributed by atoms with Crippen LogP contribution in [-0.2, 0) is 0 Å². The van der Waals surface area contributed by atoms with E-state index >= 15 is 0 Å². The fourth-order valence-electron chi connectivity index (χ4n) is 8.73. The summed E-state index contributed by atoms with van der Waals surface area (Å²) < 4.78 is 5.08. The van der Waals surface area contributed by atoms with Gasteiger partial charge in [-0.1, -0.05) is 176 Å². The summed E-state index contributed by atoms with van der Waals surface area (Å²) in [6.07, 6.45) is 0. The van der Waals surface area contributed by atoms with E-state index in [-0.39, 0.29) is 5.92 Å². The van der Waals surface area contributed by atoms with Gasteiger partial charge in [-0.3, -0.25) is 0 Å². The van der Waals surface area contributed by atoms with Gasteiger partial charge in [0.1, 0.15) is 0 Å². The van der Waals surface area contributed by atoms with Crippen LogP contribution in [0.2, 0.25) is 0 Å². The number of nitrogens with zero attached hydrogens (tertiary/aromatic N) is 1. The Balaban J connectivity index is 0.976. The molecule has 2 heterocycles. The molecule has 0 aliphatic carbocycles. The van der Waals surface area contributed by atoms with Crippen molar-refractivity contribution in [2.75, 3.05) is 0 Å². The van der Waals surface area contributed by atoms with E-state index in [0.29, 0.717) is 0 Å². The summed E-state index contributed by atoms with van der Waals surface area (Å²) in [7, 11) is 0. The molecule has 2 heteroatoms. The van der Waals surface area contributed by atoms with Gasteiger partial charge in [-0.25, -0.2) is 0 Å². The molecule has 0 spiro atoms. The highest BCUT2D eigenvalue weighted by molar-refractivity contribution is 7.25. The molecule has 0 radical (unpaired) electrons. The molecule has 0 fully saturated rings. The van der Waals surface area contributed by atoms with Crippen LogP contribution in [0, 0.1) is 0 Å². The van der Waals surface area contributed by atoms with Crippen molar-refractivity contribution in [1.29, 1.82) is 0 Å². The third-order valence-electron chi connectivity index (χ3n) is 11.6. The minimum atomic E-state index is 0.0897. The van der Waals surface area contributed by atoms with Crippen molar-refractivity contribution >= 4 is 53.3 Å². The molecule has 0 saturated heterocycles. The van der Waals surface area contributed by atoms with E-state index in [1.807, 2.05) is 11.3 Å². The lowest BCUT2D eigenvalue weighted by atomic mass is 9.83. The summed E-state index contributed by atoms with van der Waals surface area (Å²) in [4.78, 5) is 0. The highest BCUT2D eigenvalue weighted by Gasteiger charge is 2.19. The molecule has 0 unspecified atom stereocenters. The number of rotatable bonds is 7. The highest BCUT2D eigenvalue weighted by atomic mass is 32.1. The molecule has 1 nitrogen and oxygen atoms in total. The van der Waals surface area contributed by atoms with Crippen LogP contribution >= 0.6 is 11.3 Å². The summed E-state index contributed by atoms with van der Waals surface area (Å²) in [5.41, 5.74) is 14.8. The first-order chi connectivity index (χ1) is 28.2. The standard InChI is InChI=1S/C55H37NS/c1-3-11-37(12-4-1)39-19-25-42(26-20-39)55(43-27-21-40(22-28-43)38-13-5-2-6-14-38)44-29-23-41(24-30-44)45-31-33-52-49(35-45)47-15-7-9-17-51(47)56(52)46-32-34-54-50(36-46)48-16-8-10-18-53(48)57-54/h1-36,55H. The van der Waals surface area contributed by atoms with E-state index in [9.17, 15) is 0 Å². The van der Waals surface area contributed by atoms with E-state index in [1.165, 1.54) is 97.7 Å². The van der Waals surface area contributed by atoms with Crippen molar-refractivity contribution in [2.24, 2.45) is 0 Å². The van der Waals surface area contributed by atoms with Crippen molar-refractivity contribution < 1.29 is 0 Å². The minimum Gasteiger partial charge on any atom is -0.309 e. The molecule has 11 aromatic rings. The van der Waals surface area contributed by atoms with E-state index in [0.717, 1.165) is 0 Å². The molecule has 0 N–H and O–H groups in total. The SMILES string of the molecule is c1ccc(-c2ccc(C(c3ccc(-c4ccccc4)cc3)c3ccc(-c4ccc5c(c4)c4ccccc4n5-c4ccc5sc6ccccc6c5c4)cc3)cc2)cc1. The van der Waals surface area contributed by atoms with Crippen LogP contribution < -0.4 is 0 Å². The van der Waals surface area contributed by atoms with Crippen molar-refractivity contribution in [3.8, 4) is 39.1 Å². The highest BCUT2D eigenvalue weighted by Crippen LogP contribution is 2.40. The van der Waals surface area contributed by atoms with Gasteiger partial charge < -0.3 is 4.57 Å². The van der Waals surface area contributed by atoms with E-state index < -0.39 is 0 Å². The monoisotopic (exact) mass is 743 g/mol. The van der Waals surface area contributed by atoms with E-state index in [1.54, 1.807) is 0 Å². The van der Waals surface area contributed by atoms with Crippen LogP contribution in [0.5, 0.6) is 0 Å². The molecule has 0 bridgehead atoms. The Morgan fingerprint density at radius 2 is 0.754 bits per heavy atom. The maximum Gasteiger partial charge on any atom is 0.0541 e. The average molecular weight is 744 g/mol. The van der Waals surface area contributed by atoms with Crippen LogP contribution in [0.25, 0.3) is 81.0 Å². The number of benzene rings is 9. The molecule has 268 valence electrons. The van der Waals surface area contributed by atoms with Gasteiger partial charge in [0.25, 0.3) is 0 Å². The summed E-state index contributed by atoms with van der Waals surface area (Å²) in [5.74, 6) is 0.0897. The minimum absolute atomic E-state index is 0.0897. The van der Waals surface area contributed by atoms with Gasteiger partial charge >= 0.3 is 0 Å².